The van der Waals surface area contributed by atoms with E-state index >= 15 is 0 Å². The highest BCUT2D eigenvalue weighted by molar-refractivity contribution is 5.11. The van der Waals surface area contributed by atoms with Gasteiger partial charge in [-0.15, -0.1) is 0 Å². The van der Waals surface area contributed by atoms with Gasteiger partial charge in [0.15, 0.2) is 0 Å². The molecule has 0 aromatic rings. The molecule has 3 heteroatoms. The molecule has 0 aliphatic heterocycles. The minimum Gasteiger partial charge on any atom is -0.389 e. The molecular weight excluding hydrogens is 262 g/mol. The van der Waals surface area contributed by atoms with E-state index < -0.39 is 0 Å². The van der Waals surface area contributed by atoms with Crippen molar-refractivity contribution in [3.8, 4) is 0 Å². The number of fused-ring (bicyclic) bond motifs is 2. The molecule has 3 aliphatic rings. The third-order valence-electron chi connectivity index (χ3n) is 7.20. The second kappa shape index (κ2) is 5.82. The van der Waals surface area contributed by atoms with Crippen LogP contribution in [-0.4, -0.2) is 36.5 Å². The summed E-state index contributed by atoms with van der Waals surface area (Å²) in [5.41, 5.74) is 0.695. The van der Waals surface area contributed by atoms with Crippen molar-refractivity contribution in [2.75, 3.05) is 13.2 Å². The van der Waals surface area contributed by atoms with Gasteiger partial charge in [0.25, 0.3) is 0 Å². The molecule has 0 aromatic heterocycles. The molecule has 0 saturated heterocycles. The van der Waals surface area contributed by atoms with Crippen LogP contribution in [0.1, 0.15) is 65.7 Å². The van der Waals surface area contributed by atoms with Crippen molar-refractivity contribution < 1.29 is 9.84 Å². The summed E-state index contributed by atoms with van der Waals surface area (Å²) in [6, 6.07) is 0.624. The predicted octanol–water partition coefficient (Wildman–Crippen LogP) is 3.11. The van der Waals surface area contributed by atoms with Crippen molar-refractivity contribution in [2.24, 2.45) is 16.7 Å². The van der Waals surface area contributed by atoms with Gasteiger partial charge in [-0.05, 0) is 48.9 Å². The maximum atomic E-state index is 10.2. The van der Waals surface area contributed by atoms with Crippen LogP contribution in [0.2, 0.25) is 0 Å². The SMILES string of the molecule is CC1(C)[C@H]2CC[C@@]1(C)[C@H](OC[C@@H](O)CNC1CCCC1)C2. The fraction of sp³-hybridized carbons (Fsp3) is 1.00. The van der Waals surface area contributed by atoms with Crippen molar-refractivity contribution in [3.05, 3.63) is 0 Å². The lowest BCUT2D eigenvalue weighted by Crippen LogP contribution is -2.41. The molecule has 0 aromatic carbocycles. The highest BCUT2D eigenvalue weighted by Crippen LogP contribution is 2.66. The van der Waals surface area contributed by atoms with Crippen LogP contribution in [0.3, 0.4) is 0 Å². The largest absolute Gasteiger partial charge is 0.389 e. The lowest BCUT2D eigenvalue weighted by atomic mass is 9.70. The van der Waals surface area contributed by atoms with Gasteiger partial charge >= 0.3 is 0 Å². The molecule has 21 heavy (non-hydrogen) atoms. The summed E-state index contributed by atoms with van der Waals surface area (Å²) in [5.74, 6) is 0.807. The first-order valence-electron chi connectivity index (χ1n) is 8.96. The van der Waals surface area contributed by atoms with Crippen LogP contribution in [0, 0.1) is 16.7 Å². The Bertz CT molecular complexity index is 364. The van der Waals surface area contributed by atoms with Gasteiger partial charge in [-0.3, -0.25) is 0 Å². The Morgan fingerprint density at radius 1 is 1.19 bits per heavy atom. The molecule has 122 valence electrons. The molecule has 2 bridgehead atoms. The van der Waals surface area contributed by atoms with Crippen LogP contribution < -0.4 is 5.32 Å². The van der Waals surface area contributed by atoms with Crippen LogP contribution in [0.5, 0.6) is 0 Å². The van der Waals surface area contributed by atoms with Gasteiger partial charge in [0, 0.05) is 12.6 Å². The van der Waals surface area contributed by atoms with Crippen LogP contribution >= 0.6 is 0 Å². The second-order valence-corrected chi connectivity index (χ2v) is 8.48. The Balaban J connectivity index is 1.43. The first-order valence-corrected chi connectivity index (χ1v) is 8.96. The predicted molar refractivity (Wildman–Crippen MR) is 85.2 cm³/mol. The summed E-state index contributed by atoms with van der Waals surface area (Å²) >= 11 is 0. The van der Waals surface area contributed by atoms with E-state index in [1.807, 2.05) is 0 Å². The third kappa shape index (κ3) is 2.77. The van der Waals surface area contributed by atoms with E-state index in [1.54, 1.807) is 0 Å². The molecule has 0 heterocycles. The van der Waals surface area contributed by atoms with Gasteiger partial charge in [-0.1, -0.05) is 33.6 Å². The maximum absolute atomic E-state index is 10.2. The zero-order valence-corrected chi connectivity index (χ0v) is 14.0. The Morgan fingerprint density at radius 3 is 2.48 bits per heavy atom. The molecule has 0 spiro atoms. The summed E-state index contributed by atoms with van der Waals surface area (Å²) in [5, 5.41) is 13.7. The van der Waals surface area contributed by atoms with Crippen LogP contribution in [-0.2, 0) is 4.74 Å². The Kier molecular flexibility index (Phi) is 4.37. The average molecular weight is 295 g/mol. The zero-order valence-electron chi connectivity index (χ0n) is 14.0. The number of ether oxygens (including phenoxy) is 1. The number of aliphatic hydroxyl groups is 1. The molecule has 0 unspecified atom stereocenters. The monoisotopic (exact) mass is 295 g/mol. The molecular formula is C18H33NO2. The highest BCUT2D eigenvalue weighted by Gasteiger charge is 2.61. The number of aliphatic hydroxyl groups excluding tert-OH is 1. The van der Waals surface area contributed by atoms with Crippen LogP contribution in [0.4, 0.5) is 0 Å². The summed E-state index contributed by atoms with van der Waals surface area (Å²) in [6.07, 6.45) is 9.01. The van der Waals surface area contributed by atoms with E-state index in [0.29, 0.717) is 36.1 Å². The first kappa shape index (κ1) is 15.8. The fourth-order valence-electron chi connectivity index (χ4n) is 5.10. The van der Waals surface area contributed by atoms with E-state index in [1.165, 1.54) is 44.9 Å². The molecule has 3 fully saturated rings. The molecule has 3 rings (SSSR count). The summed E-state index contributed by atoms with van der Waals surface area (Å²) < 4.78 is 6.16. The minimum atomic E-state index is -0.364. The van der Waals surface area contributed by atoms with Crippen molar-refractivity contribution in [3.63, 3.8) is 0 Å². The Morgan fingerprint density at radius 2 is 1.90 bits per heavy atom. The minimum absolute atomic E-state index is 0.302. The Labute approximate surface area is 129 Å². The van der Waals surface area contributed by atoms with E-state index in [2.05, 4.69) is 26.1 Å². The Hall–Kier alpha value is -0.120. The molecule has 2 N–H and O–H groups in total. The number of hydrogen-bond donors (Lipinski definition) is 2. The zero-order chi connectivity index (χ0) is 15.1. The average Bonchev–Trinajstić information content (AvgIpc) is 3.08. The molecule has 4 atom stereocenters. The molecule has 3 nitrogen and oxygen atoms in total. The van der Waals surface area contributed by atoms with Gasteiger partial charge in [-0.25, -0.2) is 0 Å². The summed E-state index contributed by atoms with van der Waals surface area (Å²) in [6.45, 7) is 8.38. The topological polar surface area (TPSA) is 41.5 Å². The first-order chi connectivity index (χ1) is 9.93. The molecule has 0 radical (unpaired) electrons. The quantitative estimate of drug-likeness (QED) is 0.791. The standard InChI is InChI=1S/C18H33NO2/c1-17(2)13-8-9-18(17,3)16(10-13)21-12-15(20)11-19-14-6-4-5-7-14/h13-16,19-20H,4-12H2,1-3H3/t13-,15-,16+,18-/m0/s1. The summed E-state index contributed by atoms with van der Waals surface area (Å²) in [4.78, 5) is 0. The third-order valence-corrected chi connectivity index (χ3v) is 7.20. The normalized spacial score (nSPS) is 40.0. The van der Waals surface area contributed by atoms with Crippen molar-refractivity contribution in [2.45, 2.75) is 84.0 Å². The fourth-order valence-corrected chi connectivity index (χ4v) is 5.10. The van der Waals surface area contributed by atoms with Gasteiger partial charge in [0.2, 0.25) is 0 Å². The van der Waals surface area contributed by atoms with E-state index in [-0.39, 0.29) is 6.10 Å². The van der Waals surface area contributed by atoms with Gasteiger partial charge in [0.05, 0.1) is 18.8 Å². The highest BCUT2D eigenvalue weighted by atomic mass is 16.5. The molecule has 3 aliphatic carbocycles. The number of rotatable bonds is 6. The summed E-state index contributed by atoms with van der Waals surface area (Å²) in [7, 11) is 0. The smallest absolute Gasteiger partial charge is 0.0897 e. The lowest BCUT2D eigenvalue weighted by Gasteiger charge is -2.39. The number of hydrogen-bond acceptors (Lipinski definition) is 3. The second-order valence-electron chi connectivity index (χ2n) is 8.48. The van der Waals surface area contributed by atoms with Crippen LogP contribution in [0.15, 0.2) is 0 Å². The van der Waals surface area contributed by atoms with Gasteiger partial charge in [-0.2, -0.15) is 0 Å². The molecule has 0 amide bonds. The maximum Gasteiger partial charge on any atom is 0.0897 e. The van der Waals surface area contributed by atoms with Gasteiger partial charge in [0.1, 0.15) is 0 Å². The lowest BCUT2D eigenvalue weighted by molar-refractivity contribution is -0.0744. The molecule has 3 saturated carbocycles. The van der Waals surface area contributed by atoms with E-state index in [0.717, 1.165) is 5.92 Å². The van der Waals surface area contributed by atoms with Crippen molar-refractivity contribution in [1.82, 2.24) is 5.32 Å². The van der Waals surface area contributed by atoms with E-state index in [4.69, 9.17) is 4.74 Å². The van der Waals surface area contributed by atoms with Crippen molar-refractivity contribution >= 4 is 0 Å². The van der Waals surface area contributed by atoms with Gasteiger partial charge < -0.3 is 15.2 Å². The van der Waals surface area contributed by atoms with E-state index in [9.17, 15) is 5.11 Å². The van der Waals surface area contributed by atoms with Crippen LogP contribution in [0.25, 0.3) is 0 Å². The van der Waals surface area contributed by atoms with Crippen molar-refractivity contribution in [1.29, 1.82) is 0 Å². The number of nitrogens with one attached hydrogen (secondary N) is 1.